The number of carboxylic acids is 1. The van der Waals surface area contributed by atoms with Gasteiger partial charge in [0.15, 0.2) is 4.90 Å². The zero-order valence-corrected chi connectivity index (χ0v) is 11.3. The molecule has 1 rings (SSSR count). The van der Waals surface area contributed by atoms with Gasteiger partial charge in [0.25, 0.3) is 0 Å². The van der Waals surface area contributed by atoms with Gasteiger partial charge in [-0.2, -0.15) is 4.39 Å². The summed E-state index contributed by atoms with van der Waals surface area (Å²) in [6, 6.07) is 2.69. The van der Waals surface area contributed by atoms with Crippen LogP contribution < -0.4 is 4.72 Å². The van der Waals surface area contributed by atoms with Crippen LogP contribution in [-0.2, 0) is 19.6 Å². The van der Waals surface area contributed by atoms with E-state index in [4.69, 9.17) is 5.11 Å². The maximum atomic E-state index is 13.3. The highest BCUT2D eigenvalue weighted by Gasteiger charge is 2.28. The van der Waals surface area contributed by atoms with Crippen LogP contribution in [0.5, 0.6) is 0 Å². The van der Waals surface area contributed by atoms with Crippen molar-refractivity contribution in [1.82, 2.24) is 4.72 Å². The van der Waals surface area contributed by atoms with Crippen LogP contribution >= 0.6 is 0 Å². The molecule has 0 saturated carbocycles. The predicted molar refractivity (Wildman–Crippen MR) is 66.7 cm³/mol. The molecule has 116 valence electrons. The van der Waals surface area contributed by atoms with Gasteiger partial charge in [-0.3, -0.25) is 10.1 Å². The average molecular weight is 322 g/mol. The van der Waals surface area contributed by atoms with Crippen LogP contribution in [0.2, 0.25) is 0 Å². The first-order valence-electron chi connectivity index (χ1n) is 5.48. The molecule has 0 aromatic heterocycles. The second-order valence-corrected chi connectivity index (χ2v) is 5.42. The number of nitrogens with zero attached hydrogens (tertiary/aromatic N) is 1. The highest BCUT2D eigenvalue weighted by molar-refractivity contribution is 7.89. The lowest BCUT2D eigenvalue weighted by Gasteiger charge is -2.07. The Kier molecular flexibility index (Phi) is 5.69. The SMILES string of the molecule is O=C(O)COCCNS(=O)(=O)c1cccc(F)c1[N+](=O)[O-]. The zero-order valence-electron chi connectivity index (χ0n) is 10.5. The largest absolute Gasteiger partial charge is 0.480 e. The maximum absolute atomic E-state index is 13.3. The van der Waals surface area contributed by atoms with Crippen molar-refractivity contribution in [2.75, 3.05) is 19.8 Å². The molecule has 0 bridgehead atoms. The summed E-state index contributed by atoms with van der Waals surface area (Å²) < 4.78 is 43.6. The fraction of sp³-hybridized carbons (Fsp3) is 0.300. The number of hydrogen-bond acceptors (Lipinski definition) is 6. The van der Waals surface area contributed by atoms with Crippen molar-refractivity contribution in [3.63, 3.8) is 0 Å². The molecule has 0 atom stereocenters. The van der Waals surface area contributed by atoms with Crippen LogP contribution in [0.1, 0.15) is 0 Å². The van der Waals surface area contributed by atoms with Crippen LogP contribution in [0.25, 0.3) is 0 Å². The summed E-state index contributed by atoms with van der Waals surface area (Å²) >= 11 is 0. The fourth-order valence-electron chi connectivity index (χ4n) is 1.38. The first kappa shape index (κ1) is 16.9. The molecular formula is C10H11FN2O7S. The molecule has 0 amide bonds. The summed E-state index contributed by atoms with van der Waals surface area (Å²) in [4.78, 5) is 18.9. The Balaban J connectivity index is 2.82. The standard InChI is InChI=1S/C10H11FN2O7S/c11-7-2-1-3-8(10(7)13(16)17)21(18,19)12-4-5-20-6-9(14)15/h1-3,12H,4-6H2,(H,14,15). The molecule has 11 heteroatoms. The van der Waals surface area contributed by atoms with Crippen molar-refractivity contribution in [3.05, 3.63) is 34.1 Å². The van der Waals surface area contributed by atoms with E-state index in [1.807, 2.05) is 4.72 Å². The van der Waals surface area contributed by atoms with Crippen LogP contribution in [0.15, 0.2) is 23.1 Å². The molecule has 0 aliphatic rings. The summed E-state index contributed by atoms with van der Waals surface area (Å²) in [5, 5.41) is 19.0. The molecule has 0 aliphatic carbocycles. The van der Waals surface area contributed by atoms with Gasteiger partial charge < -0.3 is 9.84 Å². The Bertz CT molecular complexity index is 647. The molecule has 0 unspecified atom stereocenters. The number of ether oxygens (including phenoxy) is 1. The van der Waals surface area contributed by atoms with Gasteiger partial charge in [0.2, 0.25) is 15.8 Å². The second kappa shape index (κ2) is 7.06. The lowest BCUT2D eigenvalue weighted by molar-refractivity contribution is -0.390. The molecule has 21 heavy (non-hydrogen) atoms. The molecule has 9 nitrogen and oxygen atoms in total. The van der Waals surface area contributed by atoms with Crippen molar-refractivity contribution in [2.24, 2.45) is 0 Å². The number of carbonyl (C=O) groups is 1. The van der Waals surface area contributed by atoms with Crippen molar-refractivity contribution in [2.45, 2.75) is 4.90 Å². The molecule has 0 radical (unpaired) electrons. The van der Waals surface area contributed by atoms with E-state index in [9.17, 15) is 27.7 Å². The van der Waals surface area contributed by atoms with Crippen molar-refractivity contribution >= 4 is 21.7 Å². The topological polar surface area (TPSA) is 136 Å². The van der Waals surface area contributed by atoms with E-state index < -0.39 is 43.9 Å². The van der Waals surface area contributed by atoms with Gasteiger partial charge in [0.1, 0.15) is 6.61 Å². The molecule has 0 aliphatic heterocycles. The Morgan fingerprint density at radius 1 is 1.48 bits per heavy atom. The lowest BCUT2D eigenvalue weighted by atomic mass is 10.3. The van der Waals surface area contributed by atoms with Crippen LogP contribution in [-0.4, -0.2) is 44.2 Å². The molecule has 2 N–H and O–H groups in total. The normalized spacial score (nSPS) is 11.3. The third-order valence-corrected chi connectivity index (χ3v) is 3.68. The zero-order chi connectivity index (χ0) is 16.0. The Morgan fingerprint density at radius 2 is 2.14 bits per heavy atom. The van der Waals surface area contributed by atoms with Crippen LogP contribution in [0.4, 0.5) is 10.1 Å². The summed E-state index contributed by atoms with van der Waals surface area (Å²) in [5.74, 6) is -2.50. The molecule has 0 heterocycles. The molecule has 0 fully saturated rings. The van der Waals surface area contributed by atoms with Crippen LogP contribution in [0.3, 0.4) is 0 Å². The van der Waals surface area contributed by atoms with Gasteiger partial charge in [0, 0.05) is 6.54 Å². The molecule has 0 spiro atoms. The summed E-state index contributed by atoms with van der Waals surface area (Å²) in [7, 11) is -4.32. The molecule has 1 aromatic rings. The number of aliphatic carboxylic acids is 1. The smallest absolute Gasteiger partial charge is 0.329 e. The number of nitrogens with one attached hydrogen (secondary N) is 1. The van der Waals surface area contributed by atoms with E-state index in [1.54, 1.807) is 0 Å². The number of nitro benzene ring substituents is 1. The fourth-order valence-corrected chi connectivity index (χ4v) is 2.57. The van der Waals surface area contributed by atoms with Crippen molar-refractivity contribution in [3.8, 4) is 0 Å². The maximum Gasteiger partial charge on any atom is 0.329 e. The number of nitro groups is 1. The summed E-state index contributed by atoms with van der Waals surface area (Å²) in [6.07, 6.45) is 0. The van der Waals surface area contributed by atoms with Gasteiger partial charge >= 0.3 is 11.7 Å². The van der Waals surface area contributed by atoms with E-state index >= 15 is 0 Å². The van der Waals surface area contributed by atoms with E-state index in [0.29, 0.717) is 0 Å². The van der Waals surface area contributed by atoms with Crippen molar-refractivity contribution in [1.29, 1.82) is 0 Å². The van der Waals surface area contributed by atoms with Gasteiger partial charge in [-0.25, -0.2) is 17.9 Å². The Hall–Kier alpha value is -2.11. The minimum Gasteiger partial charge on any atom is -0.480 e. The number of carboxylic acid groups (broad SMARTS) is 1. The number of sulfonamides is 1. The number of rotatable bonds is 8. The predicted octanol–water partition coefficient (Wildman–Crippen LogP) is 0.113. The van der Waals surface area contributed by atoms with Gasteiger partial charge in [-0.1, -0.05) is 6.07 Å². The summed E-state index contributed by atoms with van der Waals surface area (Å²) in [5.41, 5.74) is -1.16. The summed E-state index contributed by atoms with van der Waals surface area (Å²) in [6.45, 7) is -1.18. The first-order chi connectivity index (χ1) is 9.75. The minimum absolute atomic E-state index is 0.255. The van der Waals surface area contributed by atoms with E-state index in [0.717, 1.165) is 18.2 Å². The highest BCUT2D eigenvalue weighted by atomic mass is 32.2. The van der Waals surface area contributed by atoms with Crippen LogP contribution in [0, 0.1) is 15.9 Å². The van der Waals surface area contributed by atoms with E-state index in [2.05, 4.69) is 4.74 Å². The van der Waals surface area contributed by atoms with E-state index in [-0.39, 0.29) is 13.2 Å². The number of hydrogen-bond donors (Lipinski definition) is 2. The third-order valence-electron chi connectivity index (χ3n) is 2.19. The average Bonchev–Trinajstić information content (AvgIpc) is 2.37. The van der Waals surface area contributed by atoms with E-state index in [1.165, 1.54) is 0 Å². The van der Waals surface area contributed by atoms with Gasteiger partial charge in [0.05, 0.1) is 11.5 Å². The Morgan fingerprint density at radius 3 is 2.71 bits per heavy atom. The monoisotopic (exact) mass is 322 g/mol. The second-order valence-electron chi connectivity index (χ2n) is 3.69. The quantitative estimate of drug-likeness (QED) is 0.394. The van der Waals surface area contributed by atoms with Gasteiger partial charge in [-0.05, 0) is 12.1 Å². The van der Waals surface area contributed by atoms with Crippen molar-refractivity contribution < 1.29 is 32.4 Å². The lowest BCUT2D eigenvalue weighted by Crippen LogP contribution is -2.28. The molecule has 0 saturated heterocycles. The first-order valence-corrected chi connectivity index (χ1v) is 6.96. The third kappa shape index (κ3) is 4.73. The Labute approximate surface area is 118 Å². The highest BCUT2D eigenvalue weighted by Crippen LogP contribution is 2.26. The minimum atomic E-state index is -4.32. The number of benzene rings is 1. The molecular weight excluding hydrogens is 311 g/mol. The molecule has 1 aromatic carbocycles. The number of halogens is 1. The van der Waals surface area contributed by atoms with Gasteiger partial charge in [-0.15, -0.1) is 0 Å². The number of para-hydroxylation sites is 1.